The molecule has 6 aliphatic rings. The first-order chi connectivity index (χ1) is 35.2. The summed E-state index contributed by atoms with van der Waals surface area (Å²) in [6.07, 6.45) is 13.4. The lowest BCUT2D eigenvalue weighted by atomic mass is 9.66. The third-order valence-electron chi connectivity index (χ3n) is 16.9. The van der Waals surface area contributed by atoms with Crippen LogP contribution in [0.25, 0.3) is 27.8 Å². The van der Waals surface area contributed by atoms with E-state index in [4.69, 9.17) is 4.74 Å². The summed E-state index contributed by atoms with van der Waals surface area (Å²) in [5, 5.41) is 0. The maximum absolute atomic E-state index is 6.80. The maximum atomic E-state index is 6.80. The Morgan fingerprint density at radius 1 is 0.465 bits per heavy atom. The zero-order chi connectivity index (χ0) is 46.7. The van der Waals surface area contributed by atoms with E-state index in [0.29, 0.717) is 5.92 Å². The van der Waals surface area contributed by atoms with E-state index in [1.807, 2.05) is 11.8 Å². The summed E-state index contributed by atoms with van der Waals surface area (Å²) < 4.78 is 6.80. The topological polar surface area (TPSA) is 12.5 Å². The van der Waals surface area contributed by atoms with Crippen molar-refractivity contribution in [2.75, 3.05) is 4.90 Å². The van der Waals surface area contributed by atoms with Gasteiger partial charge in [-0.2, -0.15) is 0 Å². The lowest BCUT2D eigenvalue weighted by Crippen LogP contribution is -2.33. The van der Waals surface area contributed by atoms with Crippen LogP contribution in [0.5, 0.6) is 11.5 Å². The molecule has 9 aromatic carbocycles. The molecule has 2 nitrogen and oxygen atoms in total. The van der Waals surface area contributed by atoms with Crippen molar-refractivity contribution in [3.05, 3.63) is 280 Å². The molecule has 4 aliphatic carbocycles. The van der Waals surface area contributed by atoms with Gasteiger partial charge in [-0.05, 0) is 146 Å². The third-order valence-corrected chi connectivity index (χ3v) is 18.1. The summed E-state index contributed by atoms with van der Waals surface area (Å²) >= 11 is 1.93. The minimum Gasteiger partial charge on any atom is -0.457 e. The van der Waals surface area contributed by atoms with Crippen molar-refractivity contribution in [2.45, 2.75) is 71.5 Å². The van der Waals surface area contributed by atoms with E-state index in [2.05, 4.69) is 223 Å². The van der Waals surface area contributed by atoms with E-state index in [1.165, 1.54) is 137 Å². The van der Waals surface area contributed by atoms with Gasteiger partial charge in [0.1, 0.15) is 11.5 Å². The second-order valence-electron chi connectivity index (χ2n) is 20.3. The molecule has 0 bridgehead atoms. The van der Waals surface area contributed by atoms with Gasteiger partial charge < -0.3 is 9.64 Å². The molecule has 0 unspecified atom stereocenters. The second kappa shape index (κ2) is 16.0. The summed E-state index contributed by atoms with van der Waals surface area (Å²) in [7, 11) is 0. The van der Waals surface area contributed by atoms with E-state index in [0.717, 1.165) is 30.0 Å². The van der Waals surface area contributed by atoms with Crippen LogP contribution in [0.1, 0.15) is 106 Å². The first-order valence-corrected chi connectivity index (χ1v) is 26.6. The minimum absolute atomic E-state index is 0.500. The van der Waals surface area contributed by atoms with Crippen LogP contribution >= 0.6 is 11.8 Å². The molecule has 340 valence electrons. The fourth-order valence-electron chi connectivity index (χ4n) is 14.0. The molecule has 71 heavy (non-hydrogen) atoms. The van der Waals surface area contributed by atoms with Gasteiger partial charge in [-0.25, -0.2) is 0 Å². The Labute approximate surface area is 421 Å². The second-order valence-corrected chi connectivity index (χ2v) is 21.4. The number of hydrogen-bond acceptors (Lipinski definition) is 3. The van der Waals surface area contributed by atoms with Gasteiger partial charge in [-0.15, -0.1) is 0 Å². The summed E-state index contributed by atoms with van der Waals surface area (Å²) in [6, 6.07) is 78.4. The smallest absolute Gasteiger partial charge is 0.132 e. The molecule has 0 amide bonds. The number of benzene rings is 9. The fourth-order valence-corrected chi connectivity index (χ4v) is 15.3. The molecule has 0 aromatic heterocycles. The Balaban J connectivity index is 1.02. The number of allylic oxidation sites excluding steroid dienone is 3. The first kappa shape index (κ1) is 41.2. The molecule has 1 fully saturated rings. The zero-order valence-electron chi connectivity index (χ0n) is 39.6. The molecular weight excluding hydrogens is 879 g/mol. The van der Waals surface area contributed by atoms with Crippen molar-refractivity contribution >= 4 is 28.7 Å². The normalized spacial score (nSPS) is 17.0. The van der Waals surface area contributed by atoms with Gasteiger partial charge in [0.25, 0.3) is 0 Å². The Morgan fingerprint density at radius 3 is 1.68 bits per heavy atom. The van der Waals surface area contributed by atoms with Crippen LogP contribution in [-0.2, 0) is 10.8 Å². The van der Waals surface area contributed by atoms with Crippen LogP contribution in [0, 0.1) is 0 Å². The minimum atomic E-state index is -0.598. The van der Waals surface area contributed by atoms with Gasteiger partial charge in [0.2, 0.25) is 0 Å². The number of fused-ring (bicyclic) bond motifs is 18. The lowest BCUT2D eigenvalue weighted by molar-refractivity contribution is 0.436. The molecular formula is C68H51NOS. The predicted octanol–water partition coefficient (Wildman–Crippen LogP) is 17.9. The standard InChI is InChI=1S/C68H51NOS/c1-2-19-44(20-3-1)45-37-39-46(40-38-45)48-21-7-14-32-61(48)69(47-41-42-52-51-24-6-10-27-55(51)68(60(52)43-47)56-28-11-15-34-63(56)70-64-35-16-12-29-57(64)68)62-33-18-31-59-66(62)71-65-36-17-13-30-58(65)67(59)53-25-8-4-22-49(53)50-23-5-9-26-54(50)67/h4-6,8-18,22-44H,1-3,7,19-21H2. The Kier molecular flexibility index (Phi) is 9.27. The highest BCUT2D eigenvalue weighted by molar-refractivity contribution is 7.99. The summed E-state index contributed by atoms with van der Waals surface area (Å²) in [5.41, 5.74) is 22.1. The highest BCUT2D eigenvalue weighted by atomic mass is 32.2. The van der Waals surface area contributed by atoms with E-state index in [1.54, 1.807) is 0 Å². The molecule has 0 atom stereocenters. The van der Waals surface area contributed by atoms with Crippen molar-refractivity contribution in [3.8, 4) is 33.8 Å². The molecule has 0 saturated heterocycles. The maximum Gasteiger partial charge on any atom is 0.132 e. The Bertz CT molecular complexity index is 3630. The number of ether oxygens (including phenoxy) is 1. The van der Waals surface area contributed by atoms with Gasteiger partial charge in [0.15, 0.2) is 0 Å². The monoisotopic (exact) mass is 929 g/mol. The van der Waals surface area contributed by atoms with E-state index < -0.39 is 10.8 Å². The Hall–Kier alpha value is -7.59. The van der Waals surface area contributed by atoms with Crippen LogP contribution in [0.15, 0.2) is 234 Å². The SMILES string of the molecule is C1=CC(N(c2ccc3c(c2)C2(c4ccccc4Oc4ccccc42)c2ccccc2-3)c2cccc3c2Sc2ccccc2C32c3ccccc3-c3ccccc32)=C(c2ccc(C3CCCCC3)cc2)CC1. The van der Waals surface area contributed by atoms with Gasteiger partial charge in [0, 0.05) is 32.3 Å². The number of nitrogens with zero attached hydrogens (tertiary/aromatic N) is 1. The van der Waals surface area contributed by atoms with E-state index >= 15 is 0 Å². The van der Waals surface area contributed by atoms with Crippen LogP contribution in [0.4, 0.5) is 11.4 Å². The quantitative estimate of drug-likeness (QED) is 0.171. The average molecular weight is 930 g/mol. The van der Waals surface area contributed by atoms with E-state index in [-0.39, 0.29) is 0 Å². The van der Waals surface area contributed by atoms with Crippen LogP contribution < -0.4 is 9.64 Å². The van der Waals surface area contributed by atoms with Crippen LogP contribution in [0.3, 0.4) is 0 Å². The van der Waals surface area contributed by atoms with Crippen molar-refractivity contribution in [1.82, 2.24) is 0 Å². The Morgan fingerprint density at radius 2 is 1.01 bits per heavy atom. The van der Waals surface area contributed by atoms with E-state index in [9.17, 15) is 0 Å². The summed E-state index contributed by atoms with van der Waals surface area (Å²) in [4.78, 5) is 5.23. The van der Waals surface area contributed by atoms with Crippen LogP contribution in [0.2, 0.25) is 0 Å². The molecule has 0 radical (unpaired) electrons. The zero-order valence-corrected chi connectivity index (χ0v) is 40.4. The van der Waals surface area contributed by atoms with Gasteiger partial charge in [-0.3, -0.25) is 0 Å². The molecule has 9 aromatic rings. The van der Waals surface area contributed by atoms with Gasteiger partial charge in [0.05, 0.1) is 16.5 Å². The predicted molar refractivity (Wildman–Crippen MR) is 291 cm³/mol. The van der Waals surface area contributed by atoms with Crippen molar-refractivity contribution in [3.63, 3.8) is 0 Å². The first-order valence-electron chi connectivity index (χ1n) is 25.7. The summed E-state index contributed by atoms with van der Waals surface area (Å²) in [5.74, 6) is 2.47. The molecule has 1 saturated carbocycles. The number of anilines is 2. The van der Waals surface area contributed by atoms with Crippen LogP contribution in [-0.4, -0.2) is 0 Å². The summed E-state index contributed by atoms with van der Waals surface area (Å²) in [6.45, 7) is 0. The lowest BCUT2D eigenvalue weighted by Gasteiger charge is -2.42. The fraction of sp³-hybridized carbons (Fsp3) is 0.147. The van der Waals surface area contributed by atoms with Crippen molar-refractivity contribution < 1.29 is 4.74 Å². The molecule has 2 spiro atoms. The number of hydrogen-bond donors (Lipinski definition) is 0. The van der Waals surface area contributed by atoms with Gasteiger partial charge in [-0.1, -0.05) is 207 Å². The molecule has 15 rings (SSSR count). The van der Waals surface area contributed by atoms with Crippen molar-refractivity contribution in [1.29, 1.82) is 0 Å². The highest BCUT2D eigenvalue weighted by Gasteiger charge is 2.53. The third kappa shape index (κ3) is 5.79. The van der Waals surface area contributed by atoms with Crippen molar-refractivity contribution in [2.24, 2.45) is 0 Å². The van der Waals surface area contributed by atoms with Gasteiger partial charge >= 0.3 is 0 Å². The average Bonchev–Trinajstić information content (AvgIpc) is 3.90. The number of para-hydroxylation sites is 2. The number of rotatable bonds is 5. The largest absolute Gasteiger partial charge is 0.457 e. The molecule has 3 heteroatoms. The molecule has 2 heterocycles. The molecule has 0 N–H and O–H groups in total. The molecule has 2 aliphatic heterocycles. The highest BCUT2D eigenvalue weighted by Crippen LogP contribution is 2.66.